The van der Waals surface area contributed by atoms with E-state index in [-0.39, 0.29) is 0 Å². The Morgan fingerprint density at radius 1 is 1.00 bits per heavy atom. The van der Waals surface area contributed by atoms with Crippen LogP contribution in [0.4, 0.5) is 0 Å². The molecule has 0 aromatic rings. The van der Waals surface area contributed by atoms with Crippen LogP contribution < -0.4 is 0 Å². The maximum Gasteiger partial charge on any atom is 0.0693 e. The minimum Gasteiger partial charge on any atom is -0.298 e. The highest BCUT2D eigenvalue weighted by atomic mass is 28.4. The lowest BCUT2D eigenvalue weighted by Gasteiger charge is -2.35. The molecular formula is C11H27NSi2. The summed E-state index contributed by atoms with van der Waals surface area (Å²) >= 11 is 0. The zero-order chi connectivity index (χ0) is 11.6. The van der Waals surface area contributed by atoms with Crippen LogP contribution >= 0.6 is 0 Å². The summed E-state index contributed by atoms with van der Waals surface area (Å²) in [5.41, 5.74) is 1.33. The Morgan fingerprint density at radius 3 is 1.57 bits per heavy atom. The molecule has 0 unspecified atom stereocenters. The fourth-order valence-corrected chi connectivity index (χ4v) is 13.6. The molecule has 0 amide bonds. The van der Waals surface area contributed by atoms with Crippen molar-refractivity contribution in [3.63, 3.8) is 0 Å². The first kappa shape index (κ1) is 14.1. The van der Waals surface area contributed by atoms with Gasteiger partial charge in [-0.2, -0.15) is 0 Å². The molecule has 0 fully saturated rings. The first-order valence-electron chi connectivity index (χ1n) is 5.62. The molecular weight excluding hydrogens is 202 g/mol. The van der Waals surface area contributed by atoms with Crippen molar-refractivity contribution in [3.05, 3.63) is 0 Å². The highest BCUT2D eigenvalue weighted by Gasteiger charge is 2.37. The smallest absolute Gasteiger partial charge is 0.0693 e. The molecule has 0 radical (unpaired) electrons. The van der Waals surface area contributed by atoms with Crippen LogP contribution in [-0.2, 0) is 0 Å². The summed E-state index contributed by atoms with van der Waals surface area (Å²) < 4.78 is 0. The molecule has 14 heavy (non-hydrogen) atoms. The van der Waals surface area contributed by atoms with E-state index in [9.17, 15) is 0 Å². The molecule has 0 N–H and O–H groups in total. The van der Waals surface area contributed by atoms with Crippen LogP contribution in [-0.4, -0.2) is 27.1 Å². The lowest BCUT2D eigenvalue weighted by atomic mass is 10.3. The molecule has 0 bridgehead atoms. The van der Waals surface area contributed by atoms with Crippen molar-refractivity contribution in [3.8, 4) is 0 Å². The van der Waals surface area contributed by atoms with Gasteiger partial charge in [0.25, 0.3) is 0 Å². The van der Waals surface area contributed by atoms with E-state index < -0.39 is 16.1 Å². The Labute approximate surface area is 92.0 Å². The zero-order valence-corrected chi connectivity index (χ0v) is 13.2. The third kappa shape index (κ3) is 4.55. The van der Waals surface area contributed by atoms with E-state index in [0.29, 0.717) is 5.29 Å². The van der Waals surface area contributed by atoms with Gasteiger partial charge in [0.1, 0.15) is 0 Å². The first-order chi connectivity index (χ1) is 6.09. The zero-order valence-electron chi connectivity index (χ0n) is 11.2. The van der Waals surface area contributed by atoms with Gasteiger partial charge in [-0.1, -0.05) is 46.2 Å². The number of hydrogen-bond acceptors (Lipinski definition) is 1. The Morgan fingerprint density at radius 2 is 1.36 bits per heavy atom. The van der Waals surface area contributed by atoms with Crippen molar-refractivity contribution in [1.82, 2.24) is 0 Å². The number of hydrogen-bond donors (Lipinski definition) is 0. The topological polar surface area (TPSA) is 12.4 Å². The van der Waals surface area contributed by atoms with Crippen LogP contribution in [0.2, 0.25) is 39.3 Å². The molecule has 84 valence electrons. The lowest BCUT2D eigenvalue weighted by molar-refractivity contribution is 1.08. The molecule has 0 rings (SSSR count). The van der Waals surface area contributed by atoms with Crippen molar-refractivity contribution >= 4 is 21.9 Å². The van der Waals surface area contributed by atoms with Crippen molar-refractivity contribution < 1.29 is 0 Å². The third-order valence-corrected chi connectivity index (χ3v) is 11.2. The molecule has 0 atom stereocenters. The van der Waals surface area contributed by atoms with Crippen LogP contribution in [0.15, 0.2) is 4.99 Å². The highest BCUT2D eigenvalue weighted by molar-refractivity contribution is 6.96. The maximum atomic E-state index is 4.98. The lowest BCUT2D eigenvalue weighted by Crippen LogP contribution is -2.53. The molecule has 3 heteroatoms. The fourth-order valence-electron chi connectivity index (χ4n) is 2.00. The van der Waals surface area contributed by atoms with Gasteiger partial charge in [0.2, 0.25) is 0 Å². The van der Waals surface area contributed by atoms with Gasteiger partial charge in [-0.3, -0.25) is 4.99 Å². The minimum atomic E-state index is -1.13. The Hall–Kier alpha value is 0.104. The van der Waals surface area contributed by atoms with E-state index in [0.717, 1.165) is 6.42 Å². The summed E-state index contributed by atoms with van der Waals surface area (Å²) in [7, 11) is -2.25. The number of nitrogens with zero attached hydrogens (tertiary/aromatic N) is 1. The Kier molecular flexibility index (Phi) is 4.79. The quantitative estimate of drug-likeness (QED) is 0.511. The highest BCUT2D eigenvalue weighted by Crippen LogP contribution is 2.22. The number of aliphatic imine (C=N–C) groups is 1. The molecule has 0 heterocycles. The average Bonchev–Trinajstić information content (AvgIpc) is 1.95. The van der Waals surface area contributed by atoms with Gasteiger partial charge in [0, 0.05) is 11.0 Å². The molecule has 0 aliphatic heterocycles. The Bertz CT molecular complexity index is 194. The SMILES string of the molecule is CC/C(C)=N\C([Si](C)(C)C)[Si](C)(C)C. The van der Waals surface area contributed by atoms with Gasteiger partial charge >= 0.3 is 0 Å². The summed E-state index contributed by atoms with van der Waals surface area (Å²) in [5.74, 6) is 0. The van der Waals surface area contributed by atoms with E-state index in [2.05, 4.69) is 53.1 Å². The van der Waals surface area contributed by atoms with Crippen LogP contribution in [0.1, 0.15) is 20.3 Å². The van der Waals surface area contributed by atoms with Gasteiger partial charge in [-0.25, -0.2) is 0 Å². The molecule has 0 aromatic carbocycles. The standard InChI is InChI=1S/C11H27NSi2/c1-9-10(2)12-11(13(3,4)5)14(6,7)8/h11H,9H2,1-8H3/b12-10-. The van der Waals surface area contributed by atoms with E-state index in [1.54, 1.807) is 0 Å². The van der Waals surface area contributed by atoms with Crippen molar-refractivity contribution in [2.24, 2.45) is 4.99 Å². The summed E-state index contributed by atoms with van der Waals surface area (Å²) in [4.78, 5) is 4.98. The average molecular weight is 230 g/mol. The van der Waals surface area contributed by atoms with Crippen LogP contribution in [0.3, 0.4) is 0 Å². The van der Waals surface area contributed by atoms with E-state index in [1.165, 1.54) is 5.71 Å². The second-order valence-electron chi connectivity index (χ2n) is 6.35. The van der Waals surface area contributed by atoms with Crippen molar-refractivity contribution in [1.29, 1.82) is 0 Å². The normalized spacial score (nSPS) is 15.1. The summed E-state index contributed by atoms with van der Waals surface area (Å²) in [5, 5.41) is 0.676. The second kappa shape index (κ2) is 4.75. The van der Waals surface area contributed by atoms with Crippen LogP contribution in [0.5, 0.6) is 0 Å². The van der Waals surface area contributed by atoms with Crippen molar-refractivity contribution in [2.75, 3.05) is 0 Å². The van der Waals surface area contributed by atoms with Gasteiger partial charge < -0.3 is 0 Å². The molecule has 0 saturated heterocycles. The fraction of sp³-hybridized carbons (Fsp3) is 0.909. The third-order valence-electron chi connectivity index (χ3n) is 2.50. The van der Waals surface area contributed by atoms with E-state index in [4.69, 9.17) is 4.99 Å². The molecule has 0 aliphatic carbocycles. The second-order valence-corrected chi connectivity index (χ2v) is 17.5. The predicted molar refractivity (Wildman–Crippen MR) is 73.9 cm³/mol. The Balaban J connectivity index is 4.95. The van der Waals surface area contributed by atoms with Gasteiger partial charge in [-0.15, -0.1) is 0 Å². The van der Waals surface area contributed by atoms with E-state index >= 15 is 0 Å². The molecule has 0 spiro atoms. The van der Waals surface area contributed by atoms with Gasteiger partial charge in [0.05, 0.1) is 16.1 Å². The largest absolute Gasteiger partial charge is 0.298 e. The van der Waals surface area contributed by atoms with Crippen LogP contribution in [0, 0.1) is 0 Å². The first-order valence-corrected chi connectivity index (χ1v) is 12.8. The molecule has 0 saturated carbocycles. The molecule has 1 nitrogen and oxygen atoms in total. The van der Waals surface area contributed by atoms with Gasteiger partial charge in [-0.05, 0) is 13.3 Å². The monoisotopic (exact) mass is 229 g/mol. The van der Waals surface area contributed by atoms with Crippen molar-refractivity contribution in [2.45, 2.75) is 64.8 Å². The minimum absolute atomic E-state index is 0.676. The summed E-state index contributed by atoms with van der Waals surface area (Å²) in [6.07, 6.45) is 1.10. The summed E-state index contributed by atoms with van der Waals surface area (Å²) in [6.45, 7) is 19.1. The molecule has 0 aliphatic rings. The van der Waals surface area contributed by atoms with E-state index in [1.807, 2.05) is 0 Å². The summed E-state index contributed by atoms with van der Waals surface area (Å²) in [6, 6.07) is 0. The predicted octanol–water partition coefficient (Wildman–Crippen LogP) is 3.98. The maximum absolute atomic E-state index is 4.98. The van der Waals surface area contributed by atoms with Gasteiger partial charge in [0.15, 0.2) is 0 Å². The number of rotatable bonds is 4. The van der Waals surface area contributed by atoms with Crippen LogP contribution in [0.25, 0.3) is 0 Å². The molecule has 0 aromatic heterocycles.